The minimum Gasteiger partial charge on any atom is -0.535 e. The van der Waals surface area contributed by atoms with E-state index in [1.165, 1.54) is 0 Å². The predicted octanol–water partition coefficient (Wildman–Crippen LogP) is 6.18. The third kappa shape index (κ3) is 3.56. The maximum absolute atomic E-state index is 5.47. The number of benzene rings is 2. The van der Waals surface area contributed by atoms with Crippen LogP contribution < -0.4 is 5.32 Å². The zero-order valence-electron chi connectivity index (χ0n) is 16.7. The third-order valence-electron chi connectivity index (χ3n) is 5.19. The molecule has 1 radical (unpaired) electrons. The van der Waals surface area contributed by atoms with Crippen LogP contribution in [0.15, 0.2) is 95.7 Å². The number of nitrogens with one attached hydrogen (secondary N) is 1. The molecule has 0 aliphatic rings. The van der Waals surface area contributed by atoms with Gasteiger partial charge in [0.05, 0.1) is 0 Å². The molecule has 0 atom stereocenters. The second-order valence-corrected chi connectivity index (χ2v) is 7.13. The van der Waals surface area contributed by atoms with E-state index >= 15 is 0 Å². The van der Waals surface area contributed by atoms with Gasteiger partial charge < -0.3 is 14.3 Å². The van der Waals surface area contributed by atoms with Crippen molar-refractivity contribution in [1.82, 2.24) is 14.5 Å². The Balaban J connectivity index is 0.00000216. The molecule has 2 aromatic carbocycles. The largest absolute Gasteiger partial charge is 2.00 e. The summed E-state index contributed by atoms with van der Waals surface area (Å²) in [6.07, 6.45) is 3.59. The zero-order valence-corrected chi connectivity index (χ0v) is 17.7. The van der Waals surface area contributed by atoms with Crippen LogP contribution in [0.4, 0.5) is 11.6 Å². The van der Waals surface area contributed by atoms with Crippen molar-refractivity contribution in [1.29, 1.82) is 0 Å². The molecule has 4 heterocycles. The Morgan fingerprint density at radius 1 is 0.812 bits per heavy atom. The maximum atomic E-state index is 5.47. The van der Waals surface area contributed by atoms with Crippen molar-refractivity contribution < 1.29 is 21.5 Å². The average molecular weight is 464 g/mol. The minimum absolute atomic E-state index is 0. The van der Waals surface area contributed by atoms with E-state index in [1.807, 2.05) is 77.5 Å². The maximum Gasteiger partial charge on any atom is 2.00 e. The molecule has 0 aliphatic heterocycles. The molecular formula is C26H16CuN4O. The van der Waals surface area contributed by atoms with Crippen LogP contribution in [0.2, 0.25) is 0 Å². The van der Waals surface area contributed by atoms with Crippen LogP contribution in [-0.2, 0) is 17.1 Å². The molecule has 0 spiro atoms. The Kier molecular flexibility index (Phi) is 5.23. The summed E-state index contributed by atoms with van der Waals surface area (Å²) < 4.78 is 7.50. The van der Waals surface area contributed by atoms with Gasteiger partial charge in [-0.15, -0.1) is 22.9 Å². The Labute approximate surface area is 195 Å². The number of nitrogens with zero attached hydrogens (tertiary/aromatic N) is 3. The van der Waals surface area contributed by atoms with Crippen LogP contribution in [0.1, 0.15) is 0 Å². The zero-order chi connectivity index (χ0) is 20.6. The van der Waals surface area contributed by atoms with Crippen molar-refractivity contribution >= 4 is 33.5 Å². The molecule has 0 fully saturated rings. The van der Waals surface area contributed by atoms with E-state index in [0.717, 1.165) is 38.9 Å². The van der Waals surface area contributed by atoms with Crippen LogP contribution in [0.5, 0.6) is 0 Å². The SMILES string of the molecule is [Cu+2].[c-]1coc2cccc(-c3cccc(Nc4cccc(-n5ccc6ccc[c-]c65)n4)n3)c12. The van der Waals surface area contributed by atoms with Crippen LogP contribution in [-0.4, -0.2) is 14.5 Å². The standard InChI is InChI=1S/C26H16N4O.Cu/c1-2-9-22-18(6-1)14-16-30(22)26-13-5-12-25(29-26)28-24-11-4-8-21(27-24)19-7-3-10-23-20(19)15-17-31-23;/h1-8,10-14,16-17H,(H,27,28,29);/q-2;+2. The molecule has 0 amide bonds. The second kappa shape index (κ2) is 8.34. The van der Waals surface area contributed by atoms with Crippen LogP contribution >= 0.6 is 0 Å². The number of rotatable bonds is 4. The smallest absolute Gasteiger partial charge is 0.535 e. The minimum atomic E-state index is 0. The van der Waals surface area contributed by atoms with Crippen molar-refractivity contribution in [2.24, 2.45) is 0 Å². The van der Waals surface area contributed by atoms with Crippen LogP contribution in [0.25, 0.3) is 38.9 Å². The number of hydrogen-bond donors (Lipinski definition) is 1. The van der Waals surface area contributed by atoms with E-state index < -0.39 is 0 Å². The summed E-state index contributed by atoms with van der Waals surface area (Å²) in [7, 11) is 0. The molecule has 5 nitrogen and oxygen atoms in total. The molecule has 4 aromatic heterocycles. The van der Waals surface area contributed by atoms with Crippen molar-refractivity contribution in [3.05, 3.63) is 103 Å². The number of anilines is 2. The number of para-hydroxylation sites is 1. The number of aromatic nitrogens is 3. The summed E-state index contributed by atoms with van der Waals surface area (Å²) >= 11 is 0. The number of hydrogen-bond acceptors (Lipinski definition) is 4. The molecule has 6 rings (SSSR count). The summed E-state index contributed by atoms with van der Waals surface area (Å²) in [5, 5.41) is 5.37. The second-order valence-electron chi connectivity index (χ2n) is 7.13. The van der Waals surface area contributed by atoms with Gasteiger partial charge in [0.2, 0.25) is 0 Å². The fraction of sp³-hybridized carbons (Fsp3) is 0. The van der Waals surface area contributed by atoms with Crippen LogP contribution in [0, 0.1) is 12.1 Å². The summed E-state index contributed by atoms with van der Waals surface area (Å²) in [5.41, 5.74) is 3.61. The quantitative estimate of drug-likeness (QED) is 0.250. The average Bonchev–Trinajstić information content (AvgIpc) is 3.46. The van der Waals surface area contributed by atoms with Crippen molar-refractivity contribution in [2.75, 3.05) is 5.32 Å². The Bertz CT molecular complexity index is 1540. The molecule has 32 heavy (non-hydrogen) atoms. The molecule has 1 N–H and O–H groups in total. The fourth-order valence-electron chi connectivity index (χ4n) is 3.76. The topological polar surface area (TPSA) is 55.9 Å². The summed E-state index contributed by atoms with van der Waals surface area (Å²) in [5.74, 6) is 2.25. The molecule has 0 bridgehead atoms. The van der Waals surface area contributed by atoms with Gasteiger partial charge in [-0.2, -0.15) is 24.3 Å². The fourth-order valence-corrected chi connectivity index (χ4v) is 3.76. The summed E-state index contributed by atoms with van der Waals surface area (Å²) in [6.45, 7) is 0. The van der Waals surface area contributed by atoms with Gasteiger partial charge in [-0.05, 0) is 30.5 Å². The van der Waals surface area contributed by atoms with Crippen molar-refractivity contribution in [2.45, 2.75) is 0 Å². The Morgan fingerprint density at radius 2 is 1.66 bits per heavy atom. The van der Waals surface area contributed by atoms with Gasteiger partial charge in [0, 0.05) is 17.5 Å². The van der Waals surface area contributed by atoms with E-state index in [4.69, 9.17) is 14.4 Å². The normalized spacial score (nSPS) is 10.9. The number of fused-ring (bicyclic) bond motifs is 2. The summed E-state index contributed by atoms with van der Waals surface area (Å²) in [6, 6.07) is 32.1. The molecule has 0 aliphatic carbocycles. The van der Waals surface area contributed by atoms with Gasteiger partial charge in [0.1, 0.15) is 17.5 Å². The predicted molar refractivity (Wildman–Crippen MR) is 121 cm³/mol. The third-order valence-corrected chi connectivity index (χ3v) is 5.19. The first-order valence-corrected chi connectivity index (χ1v) is 9.93. The Morgan fingerprint density at radius 3 is 2.59 bits per heavy atom. The molecule has 0 unspecified atom stereocenters. The van der Waals surface area contributed by atoms with Crippen LogP contribution in [0.3, 0.4) is 0 Å². The van der Waals surface area contributed by atoms with Gasteiger partial charge in [-0.1, -0.05) is 41.4 Å². The summed E-state index contributed by atoms with van der Waals surface area (Å²) in [4.78, 5) is 9.56. The molecule has 6 aromatic rings. The van der Waals surface area contributed by atoms with E-state index in [1.54, 1.807) is 6.26 Å². The molecular weight excluding hydrogens is 448 g/mol. The number of pyridine rings is 2. The van der Waals surface area contributed by atoms with E-state index in [9.17, 15) is 0 Å². The molecule has 0 saturated carbocycles. The van der Waals surface area contributed by atoms with Gasteiger partial charge in [-0.25, -0.2) is 9.97 Å². The van der Waals surface area contributed by atoms with Gasteiger partial charge in [0.15, 0.2) is 0 Å². The molecule has 0 saturated heterocycles. The molecule has 157 valence electrons. The molecule has 6 heteroatoms. The first-order chi connectivity index (χ1) is 15.3. The monoisotopic (exact) mass is 463 g/mol. The van der Waals surface area contributed by atoms with Crippen molar-refractivity contribution in [3.8, 4) is 17.1 Å². The van der Waals surface area contributed by atoms with Gasteiger partial charge in [0.25, 0.3) is 0 Å². The van der Waals surface area contributed by atoms with E-state index in [-0.39, 0.29) is 17.1 Å². The van der Waals surface area contributed by atoms with Crippen molar-refractivity contribution in [3.63, 3.8) is 0 Å². The first kappa shape index (κ1) is 20.1. The van der Waals surface area contributed by atoms with Gasteiger partial charge >= 0.3 is 17.1 Å². The Hall–Kier alpha value is -3.86. The van der Waals surface area contributed by atoms with E-state index in [2.05, 4.69) is 29.6 Å². The number of furan rings is 1. The first-order valence-electron chi connectivity index (χ1n) is 9.93. The van der Waals surface area contributed by atoms with Gasteiger partial charge in [-0.3, -0.25) is 0 Å². The van der Waals surface area contributed by atoms with E-state index in [0.29, 0.717) is 11.6 Å².